The van der Waals surface area contributed by atoms with Gasteiger partial charge in [-0.15, -0.1) is 0 Å². The molecule has 1 aromatic heterocycles. The molecule has 0 aliphatic carbocycles. The van der Waals surface area contributed by atoms with Gasteiger partial charge in [0, 0.05) is 11.0 Å². The van der Waals surface area contributed by atoms with Gasteiger partial charge in [-0.3, -0.25) is 0 Å². The quantitative estimate of drug-likeness (QED) is 0.854. The number of ether oxygens (including phenoxy) is 1. The second kappa shape index (κ2) is 7.40. The number of hydrogen-bond donors (Lipinski definition) is 1. The monoisotopic (exact) mass is 356 g/mol. The predicted molar refractivity (Wildman–Crippen MR) is 82.1 cm³/mol. The Hall–Kier alpha value is -1.40. The molecule has 0 aliphatic rings. The first-order valence-electron chi connectivity index (χ1n) is 6.20. The molecule has 1 N–H and O–H groups in total. The molecule has 0 saturated heterocycles. The number of nitrogens with one attached hydrogen (secondary N) is 1. The number of nitrogens with zero attached hydrogens (tertiary/aromatic N) is 3. The van der Waals surface area contributed by atoms with E-state index < -0.39 is 0 Å². The fraction of sp³-hybridized carbons (Fsp3) is 0.308. The summed E-state index contributed by atoms with van der Waals surface area (Å²) in [6, 6.07) is 8.04. The highest BCUT2D eigenvalue weighted by Gasteiger charge is 2.06. The zero-order chi connectivity index (χ0) is 14.4. The Morgan fingerprint density at radius 1 is 1.30 bits per heavy atom. The zero-order valence-corrected chi connectivity index (χ0v) is 13.3. The highest BCUT2D eigenvalue weighted by molar-refractivity contribution is 9.10. The maximum absolute atomic E-state index is 5.85. The highest BCUT2D eigenvalue weighted by Crippen LogP contribution is 2.15. The summed E-state index contributed by atoms with van der Waals surface area (Å²) in [6.07, 6.45) is 0.970. The van der Waals surface area contributed by atoms with Crippen molar-refractivity contribution in [2.45, 2.75) is 20.0 Å². The third-order valence-corrected chi connectivity index (χ3v) is 3.04. The molecule has 0 fully saturated rings. The van der Waals surface area contributed by atoms with Crippen LogP contribution in [-0.4, -0.2) is 21.5 Å². The smallest absolute Gasteiger partial charge is 0.322 e. The van der Waals surface area contributed by atoms with Crippen molar-refractivity contribution >= 4 is 33.5 Å². The van der Waals surface area contributed by atoms with Crippen LogP contribution >= 0.6 is 27.5 Å². The lowest BCUT2D eigenvalue weighted by atomic mass is 10.2. The Bertz CT molecular complexity index is 582. The van der Waals surface area contributed by atoms with E-state index in [0.29, 0.717) is 12.6 Å². The Morgan fingerprint density at radius 3 is 2.90 bits per heavy atom. The molecular weight excluding hydrogens is 344 g/mol. The fourth-order valence-corrected chi connectivity index (χ4v) is 2.09. The number of aromatic nitrogens is 3. The van der Waals surface area contributed by atoms with Crippen LogP contribution in [0.15, 0.2) is 28.7 Å². The molecule has 0 unspecified atom stereocenters. The molecule has 5 nitrogen and oxygen atoms in total. The lowest BCUT2D eigenvalue weighted by molar-refractivity contribution is 0.280. The number of benzene rings is 1. The normalized spacial score (nSPS) is 10.3. The second-order valence-electron chi connectivity index (χ2n) is 4.06. The summed E-state index contributed by atoms with van der Waals surface area (Å²) in [5, 5.41) is 3.16. The van der Waals surface area contributed by atoms with Gasteiger partial charge in [-0.1, -0.05) is 35.0 Å². The molecule has 0 saturated carbocycles. The SMILES string of the molecule is CCCNc1nc(Cl)nc(OCc2cccc(Br)c2)n1. The van der Waals surface area contributed by atoms with E-state index in [1.807, 2.05) is 24.3 Å². The van der Waals surface area contributed by atoms with Gasteiger partial charge in [0.1, 0.15) is 6.61 Å². The molecule has 1 aromatic carbocycles. The summed E-state index contributed by atoms with van der Waals surface area (Å²) < 4.78 is 6.54. The van der Waals surface area contributed by atoms with Crippen molar-refractivity contribution in [3.05, 3.63) is 39.6 Å². The van der Waals surface area contributed by atoms with Crippen LogP contribution < -0.4 is 10.1 Å². The van der Waals surface area contributed by atoms with Crippen LogP contribution in [0, 0.1) is 0 Å². The molecule has 106 valence electrons. The Labute approximate surface area is 130 Å². The van der Waals surface area contributed by atoms with Crippen molar-refractivity contribution in [2.75, 3.05) is 11.9 Å². The predicted octanol–water partition coefficient (Wildman–Crippen LogP) is 3.69. The van der Waals surface area contributed by atoms with Crippen LogP contribution in [-0.2, 0) is 6.61 Å². The summed E-state index contributed by atoms with van der Waals surface area (Å²) in [5.41, 5.74) is 1.01. The van der Waals surface area contributed by atoms with Gasteiger partial charge in [0.05, 0.1) is 0 Å². The Morgan fingerprint density at radius 2 is 2.15 bits per heavy atom. The summed E-state index contributed by atoms with van der Waals surface area (Å²) in [5.74, 6) is 0.427. The van der Waals surface area contributed by atoms with Crippen LogP contribution in [0.3, 0.4) is 0 Å². The van der Waals surface area contributed by atoms with E-state index >= 15 is 0 Å². The third-order valence-electron chi connectivity index (χ3n) is 2.38. The van der Waals surface area contributed by atoms with Crippen LogP contribution in [0.1, 0.15) is 18.9 Å². The molecule has 20 heavy (non-hydrogen) atoms. The van der Waals surface area contributed by atoms with Gasteiger partial charge in [-0.25, -0.2) is 0 Å². The molecule has 0 bridgehead atoms. The molecule has 1 heterocycles. The van der Waals surface area contributed by atoms with E-state index in [-0.39, 0.29) is 11.3 Å². The lowest BCUT2D eigenvalue weighted by Gasteiger charge is -2.07. The van der Waals surface area contributed by atoms with E-state index in [2.05, 4.69) is 43.1 Å². The second-order valence-corrected chi connectivity index (χ2v) is 5.31. The summed E-state index contributed by atoms with van der Waals surface area (Å²) in [7, 11) is 0. The van der Waals surface area contributed by atoms with Crippen molar-refractivity contribution in [3.63, 3.8) is 0 Å². The van der Waals surface area contributed by atoms with Crippen molar-refractivity contribution in [3.8, 4) is 6.01 Å². The van der Waals surface area contributed by atoms with Crippen LogP contribution in [0.2, 0.25) is 5.28 Å². The van der Waals surface area contributed by atoms with E-state index in [1.165, 1.54) is 0 Å². The average molecular weight is 358 g/mol. The minimum atomic E-state index is 0.114. The minimum absolute atomic E-state index is 0.114. The Kier molecular flexibility index (Phi) is 5.55. The molecule has 0 radical (unpaired) electrons. The minimum Gasteiger partial charge on any atom is -0.458 e. The Balaban J connectivity index is 2.03. The van der Waals surface area contributed by atoms with E-state index in [9.17, 15) is 0 Å². The van der Waals surface area contributed by atoms with Crippen molar-refractivity contribution in [2.24, 2.45) is 0 Å². The fourth-order valence-electron chi connectivity index (χ4n) is 1.49. The standard InChI is InChI=1S/C13H14BrClN4O/c1-2-6-16-12-17-11(15)18-13(19-12)20-8-9-4-3-5-10(14)7-9/h3-5,7H,2,6,8H2,1H3,(H,16,17,18,19). The molecular formula is C13H14BrClN4O. The van der Waals surface area contributed by atoms with Gasteiger partial charge >= 0.3 is 6.01 Å². The summed E-state index contributed by atoms with van der Waals surface area (Å²) in [6.45, 7) is 3.19. The topological polar surface area (TPSA) is 59.9 Å². The molecule has 0 aliphatic heterocycles. The van der Waals surface area contributed by atoms with Crippen LogP contribution in [0.5, 0.6) is 6.01 Å². The van der Waals surface area contributed by atoms with Crippen molar-refractivity contribution in [1.29, 1.82) is 0 Å². The first-order valence-corrected chi connectivity index (χ1v) is 7.37. The third kappa shape index (κ3) is 4.61. The van der Waals surface area contributed by atoms with Gasteiger partial charge in [0.25, 0.3) is 0 Å². The molecule has 0 spiro atoms. The summed E-state index contributed by atoms with van der Waals surface area (Å²) >= 11 is 9.26. The van der Waals surface area contributed by atoms with Gasteiger partial charge in [0.15, 0.2) is 0 Å². The van der Waals surface area contributed by atoms with Crippen LogP contribution in [0.25, 0.3) is 0 Å². The highest BCUT2D eigenvalue weighted by atomic mass is 79.9. The number of hydrogen-bond acceptors (Lipinski definition) is 5. The molecule has 7 heteroatoms. The molecule has 0 amide bonds. The van der Waals surface area contributed by atoms with Gasteiger partial charge < -0.3 is 10.1 Å². The van der Waals surface area contributed by atoms with Gasteiger partial charge in [-0.05, 0) is 35.7 Å². The van der Waals surface area contributed by atoms with E-state index in [0.717, 1.165) is 23.0 Å². The number of rotatable bonds is 6. The number of halogens is 2. The van der Waals surface area contributed by atoms with E-state index in [4.69, 9.17) is 16.3 Å². The molecule has 2 aromatic rings. The van der Waals surface area contributed by atoms with Crippen molar-refractivity contribution in [1.82, 2.24) is 15.0 Å². The summed E-state index contributed by atoms with van der Waals surface area (Å²) in [4.78, 5) is 12.1. The largest absolute Gasteiger partial charge is 0.458 e. The molecule has 0 atom stereocenters. The average Bonchev–Trinajstić information content (AvgIpc) is 2.42. The first-order chi connectivity index (χ1) is 9.67. The maximum Gasteiger partial charge on any atom is 0.322 e. The zero-order valence-electron chi connectivity index (χ0n) is 10.9. The van der Waals surface area contributed by atoms with Crippen LogP contribution in [0.4, 0.5) is 5.95 Å². The lowest BCUT2D eigenvalue weighted by Crippen LogP contribution is -2.07. The number of anilines is 1. The van der Waals surface area contributed by atoms with Gasteiger partial charge in [0.2, 0.25) is 11.2 Å². The molecule has 2 rings (SSSR count). The van der Waals surface area contributed by atoms with Gasteiger partial charge in [-0.2, -0.15) is 15.0 Å². The van der Waals surface area contributed by atoms with Crippen molar-refractivity contribution < 1.29 is 4.74 Å². The van der Waals surface area contributed by atoms with E-state index in [1.54, 1.807) is 0 Å². The first kappa shape index (κ1) is 15.0. The maximum atomic E-state index is 5.85.